The van der Waals surface area contributed by atoms with Crippen LogP contribution in [0.25, 0.3) is 0 Å². The second-order valence-corrected chi connectivity index (χ2v) is 4.06. The summed E-state index contributed by atoms with van der Waals surface area (Å²) >= 11 is 5.91. The zero-order valence-corrected chi connectivity index (χ0v) is 8.64. The molecule has 2 heteroatoms. The number of aryl methyl sites for hydroxylation is 1. The number of rotatable bonds is 1. The molecule has 0 amide bonds. The van der Waals surface area contributed by atoms with Gasteiger partial charge in [-0.2, -0.15) is 0 Å². The number of anilines is 1. The van der Waals surface area contributed by atoms with Crippen molar-refractivity contribution < 1.29 is 0 Å². The van der Waals surface area contributed by atoms with Crippen molar-refractivity contribution >= 4 is 17.3 Å². The van der Waals surface area contributed by atoms with Gasteiger partial charge in [0, 0.05) is 23.8 Å². The van der Waals surface area contributed by atoms with Crippen LogP contribution in [0.5, 0.6) is 0 Å². The molecular formula is C11H14ClN. The Morgan fingerprint density at radius 1 is 1.23 bits per heavy atom. The van der Waals surface area contributed by atoms with Crippen LogP contribution in [0, 0.1) is 6.92 Å². The molecule has 1 aliphatic rings. The Morgan fingerprint density at radius 3 is 2.54 bits per heavy atom. The lowest BCUT2D eigenvalue weighted by Gasteiger charge is -2.19. The average molecular weight is 196 g/mol. The molecule has 70 valence electrons. The molecule has 0 aliphatic carbocycles. The molecule has 1 heterocycles. The lowest BCUT2D eigenvalue weighted by Crippen LogP contribution is -2.18. The molecule has 0 radical (unpaired) electrons. The maximum absolute atomic E-state index is 5.91. The molecule has 0 spiro atoms. The lowest BCUT2D eigenvalue weighted by atomic mass is 10.2. The van der Waals surface area contributed by atoms with Gasteiger partial charge in [-0.15, -0.1) is 0 Å². The molecule has 1 aromatic carbocycles. The van der Waals surface area contributed by atoms with Crippen molar-refractivity contribution in [2.45, 2.75) is 19.8 Å². The van der Waals surface area contributed by atoms with Gasteiger partial charge in [-0.3, -0.25) is 0 Å². The standard InChI is InChI=1S/C11H14ClN/c1-9-8-10(12)4-5-11(9)13-6-2-3-7-13/h4-5,8H,2-3,6-7H2,1H3. The predicted molar refractivity (Wildman–Crippen MR) is 57.6 cm³/mol. The average Bonchev–Trinajstić information content (AvgIpc) is 2.56. The minimum Gasteiger partial charge on any atom is -0.371 e. The SMILES string of the molecule is Cc1cc(Cl)ccc1N1CCCC1. The third kappa shape index (κ3) is 1.80. The molecular weight excluding hydrogens is 182 g/mol. The normalized spacial score (nSPS) is 16.6. The van der Waals surface area contributed by atoms with Gasteiger partial charge >= 0.3 is 0 Å². The Morgan fingerprint density at radius 2 is 1.92 bits per heavy atom. The Labute approximate surface area is 84.3 Å². The van der Waals surface area contributed by atoms with Gasteiger partial charge < -0.3 is 4.90 Å². The van der Waals surface area contributed by atoms with Crippen LogP contribution in [-0.2, 0) is 0 Å². The van der Waals surface area contributed by atoms with E-state index in [2.05, 4.69) is 17.9 Å². The second-order valence-electron chi connectivity index (χ2n) is 3.62. The number of hydrogen-bond acceptors (Lipinski definition) is 1. The van der Waals surface area contributed by atoms with Gasteiger partial charge in [0.1, 0.15) is 0 Å². The van der Waals surface area contributed by atoms with Gasteiger partial charge in [-0.1, -0.05) is 11.6 Å². The molecule has 1 aliphatic heterocycles. The Hall–Kier alpha value is -0.690. The monoisotopic (exact) mass is 195 g/mol. The maximum Gasteiger partial charge on any atom is 0.0410 e. The summed E-state index contributed by atoms with van der Waals surface area (Å²) in [6, 6.07) is 6.14. The Kier molecular flexibility index (Phi) is 2.45. The highest BCUT2D eigenvalue weighted by molar-refractivity contribution is 6.30. The molecule has 0 bridgehead atoms. The Bertz CT molecular complexity index is 303. The van der Waals surface area contributed by atoms with Crippen LogP contribution in [0.3, 0.4) is 0 Å². The van der Waals surface area contributed by atoms with Crippen molar-refractivity contribution in [3.8, 4) is 0 Å². The van der Waals surface area contributed by atoms with E-state index in [9.17, 15) is 0 Å². The fraction of sp³-hybridized carbons (Fsp3) is 0.455. The third-order valence-electron chi connectivity index (χ3n) is 2.61. The van der Waals surface area contributed by atoms with Crippen LogP contribution in [0.15, 0.2) is 18.2 Å². The van der Waals surface area contributed by atoms with E-state index in [4.69, 9.17) is 11.6 Å². The zero-order chi connectivity index (χ0) is 9.26. The summed E-state index contributed by atoms with van der Waals surface area (Å²) in [7, 11) is 0. The smallest absolute Gasteiger partial charge is 0.0410 e. The van der Waals surface area contributed by atoms with Gasteiger partial charge in [0.2, 0.25) is 0 Å². The van der Waals surface area contributed by atoms with Crippen LogP contribution in [0.1, 0.15) is 18.4 Å². The number of hydrogen-bond donors (Lipinski definition) is 0. The van der Waals surface area contributed by atoms with E-state index in [1.807, 2.05) is 12.1 Å². The number of nitrogens with zero attached hydrogens (tertiary/aromatic N) is 1. The third-order valence-corrected chi connectivity index (χ3v) is 2.84. The molecule has 13 heavy (non-hydrogen) atoms. The molecule has 1 nitrogen and oxygen atoms in total. The van der Waals surface area contributed by atoms with Crippen molar-refractivity contribution in [1.82, 2.24) is 0 Å². The molecule has 0 saturated carbocycles. The molecule has 1 saturated heterocycles. The fourth-order valence-electron chi connectivity index (χ4n) is 1.93. The van der Waals surface area contributed by atoms with Crippen molar-refractivity contribution in [2.75, 3.05) is 18.0 Å². The fourth-order valence-corrected chi connectivity index (χ4v) is 2.16. The van der Waals surface area contributed by atoms with E-state index in [1.165, 1.54) is 37.2 Å². The van der Waals surface area contributed by atoms with Gasteiger partial charge in [-0.05, 0) is 43.5 Å². The van der Waals surface area contributed by atoms with E-state index in [0.717, 1.165) is 5.02 Å². The lowest BCUT2D eigenvalue weighted by molar-refractivity contribution is 0.949. The number of benzene rings is 1. The van der Waals surface area contributed by atoms with Crippen LogP contribution in [0.2, 0.25) is 5.02 Å². The van der Waals surface area contributed by atoms with Crippen LogP contribution >= 0.6 is 11.6 Å². The first-order valence-corrected chi connectivity index (χ1v) is 5.16. The summed E-state index contributed by atoms with van der Waals surface area (Å²) in [5.74, 6) is 0. The molecule has 0 unspecified atom stereocenters. The Balaban J connectivity index is 2.29. The van der Waals surface area contributed by atoms with Crippen LogP contribution in [-0.4, -0.2) is 13.1 Å². The van der Waals surface area contributed by atoms with Gasteiger partial charge in [-0.25, -0.2) is 0 Å². The molecule has 1 aromatic rings. The predicted octanol–water partition coefficient (Wildman–Crippen LogP) is 3.25. The molecule has 0 aromatic heterocycles. The maximum atomic E-state index is 5.91. The van der Waals surface area contributed by atoms with Crippen LogP contribution in [0.4, 0.5) is 5.69 Å². The topological polar surface area (TPSA) is 3.24 Å². The molecule has 0 N–H and O–H groups in total. The van der Waals surface area contributed by atoms with Crippen LogP contribution < -0.4 is 4.90 Å². The number of halogens is 1. The van der Waals surface area contributed by atoms with Crippen molar-refractivity contribution in [3.05, 3.63) is 28.8 Å². The molecule has 2 rings (SSSR count). The van der Waals surface area contributed by atoms with Gasteiger partial charge in [0.15, 0.2) is 0 Å². The van der Waals surface area contributed by atoms with Gasteiger partial charge in [0.25, 0.3) is 0 Å². The highest BCUT2D eigenvalue weighted by Gasteiger charge is 2.13. The van der Waals surface area contributed by atoms with E-state index < -0.39 is 0 Å². The second kappa shape index (κ2) is 3.59. The van der Waals surface area contributed by atoms with E-state index in [0.29, 0.717) is 0 Å². The zero-order valence-electron chi connectivity index (χ0n) is 7.89. The highest BCUT2D eigenvalue weighted by Crippen LogP contribution is 2.26. The first-order chi connectivity index (χ1) is 6.27. The summed E-state index contributed by atoms with van der Waals surface area (Å²) in [4.78, 5) is 2.44. The summed E-state index contributed by atoms with van der Waals surface area (Å²) in [5.41, 5.74) is 2.64. The largest absolute Gasteiger partial charge is 0.371 e. The summed E-state index contributed by atoms with van der Waals surface area (Å²) in [6.45, 7) is 4.52. The van der Waals surface area contributed by atoms with E-state index in [-0.39, 0.29) is 0 Å². The van der Waals surface area contributed by atoms with E-state index in [1.54, 1.807) is 0 Å². The summed E-state index contributed by atoms with van der Waals surface area (Å²) < 4.78 is 0. The minimum atomic E-state index is 0.834. The molecule has 0 atom stereocenters. The molecule has 1 fully saturated rings. The first-order valence-electron chi connectivity index (χ1n) is 4.78. The van der Waals surface area contributed by atoms with Crippen molar-refractivity contribution in [3.63, 3.8) is 0 Å². The van der Waals surface area contributed by atoms with Gasteiger partial charge in [0.05, 0.1) is 0 Å². The first kappa shape index (κ1) is 8.89. The summed E-state index contributed by atoms with van der Waals surface area (Å²) in [5, 5.41) is 0.834. The highest BCUT2D eigenvalue weighted by atomic mass is 35.5. The van der Waals surface area contributed by atoms with Crippen molar-refractivity contribution in [1.29, 1.82) is 0 Å². The van der Waals surface area contributed by atoms with Crippen molar-refractivity contribution in [2.24, 2.45) is 0 Å². The minimum absolute atomic E-state index is 0.834. The quantitative estimate of drug-likeness (QED) is 0.665. The summed E-state index contributed by atoms with van der Waals surface area (Å²) in [6.07, 6.45) is 2.64. The van der Waals surface area contributed by atoms with E-state index >= 15 is 0 Å².